The molecule has 0 saturated carbocycles. The van der Waals surface area contributed by atoms with Crippen molar-refractivity contribution < 1.29 is 0 Å². The van der Waals surface area contributed by atoms with Crippen molar-refractivity contribution in [3.05, 3.63) is 164 Å². The maximum Gasteiger partial charge on any atom is 0.0640 e. The number of rotatable bonds is 4. The summed E-state index contributed by atoms with van der Waals surface area (Å²) in [6.07, 6.45) is 0. The first-order chi connectivity index (χ1) is 21.8. The van der Waals surface area contributed by atoms with Gasteiger partial charge in [-0.3, -0.25) is 0 Å². The lowest BCUT2D eigenvalue weighted by molar-refractivity contribution is 1.30. The Labute approximate surface area is 259 Å². The molecule has 0 aliphatic carbocycles. The second kappa shape index (κ2) is 10.1. The summed E-state index contributed by atoms with van der Waals surface area (Å²) < 4.78 is 2.62. The third-order valence-electron chi connectivity index (χ3n) is 8.82. The summed E-state index contributed by atoms with van der Waals surface area (Å²) in [5.41, 5.74) is 5.92. The van der Waals surface area contributed by atoms with Crippen molar-refractivity contribution >= 4 is 80.9 Å². The number of benzene rings is 8. The summed E-state index contributed by atoms with van der Waals surface area (Å²) in [4.78, 5) is 2.39. The zero-order chi connectivity index (χ0) is 29.0. The van der Waals surface area contributed by atoms with Gasteiger partial charge in [-0.2, -0.15) is 0 Å². The van der Waals surface area contributed by atoms with Gasteiger partial charge in [-0.05, 0) is 85.9 Å². The van der Waals surface area contributed by atoms with Crippen LogP contribution in [0, 0.1) is 0 Å². The van der Waals surface area contributed by atoms with E-state index in [2.05, 4.69) is 169 Å². The maximum absolute atomic E-state index is 2.39. The van der Waals surface area contributed by atoms with Crippen LogP contribution in [-0.2, 0) is 0 Å². The van der Waals surface area contributed by atoms with Crippen molar-refractivity contribution in [1.29, 1.82) is 0 Å². The van der Waals surface area contributed by atoms with Crippen LogP contribution in [-0.4, -0.2) is 0 Å². The average Bonchev–Trinajstić information content (AvgIpc) is 3.48. The van der Waals surface area contributed by atoms with Gasteiger partial charge in [0.2, 0.25) is 0 Å². The fourth-order valence-corrected chi connectivity index (χ4v) is 7.93. The Balaban J connectivity index is 1.19. The van der Waals surface area contributed by atoms with Crippen molar-refractivity contribution in [3.63, 3.8) is 0 Å². The fourth-order valence-electron chi connectivity index (χ4n) is 6.72. The van der Waals surface area contributed by atoms with E-state index in [9.17, 15) is 0 Å². The topological polar surface area (TPSA) is 3.24 Å². The standard InChI is InChI=1S/C42H27NS/c1-2-10-33(11-3-1)43(39-15-8-14-37-36-13-6-7-16-40(36)44-42(37)39)34-25-23-28(24-26-34)32-22-19-30-18-21-31-20-17-29-9-4-5-12-35(29)41(31)38(30)27-32/h1-27H. The molecule has 0 radical (unpaired) electrons. The Bertz CT molecular complexity index is 2480. The van der Waals surface area contributed by atoms with E-state index in [1.165, 1.54) is 69.3 Å². The molecule has 9 rings (SSSR count). The molecular weight excluding hydrogens is 551 g/mol. The van der Waals surface area contributed by atoms with E-state index in [-0.39, 0.29) is 0 Å². The van der Waals surface area contributed by atoms with Crippen LogP contribution in [0.1, 0.15) is 0 Å². The van der Waals surface area contributed by atoms with Crippen LogP contribution in [0.4, 0.5) is 17.1 Å². The largest absolute Gasteiger partial charge is 0.309 e. The van der Waals surface area contributed by atoms with Gasteiger partial charge in [0.15, 0.2) is 0 Å². The van der Waals surface area contributed by atoms with Crippen LogP contribution in [0.2, 0.25) is 0 Å². The first-order valence-corrected chi connectivity index (χ1v) is 15.8. The minimum atomic E-state index is 1.14. The monoisotopic (exact) mass is 577 g/mol. The zero-order valence-corrected chi connectivity index (χ0v) is 24.8. The van der Waals surface area contributed by atoms with E-state index in [0.717, 1.165) is 11.4 Å². The summed E-state index contributed by atoms with van der Waals surface area (Å²) in [6.45, 7) is 0. The van der Waals surface area contributed by atoms with Crippen molar-refractivity contribution in [2.75, 3.05) is 4.90 Å². The first-order valence-electron chi connectivity index (χ1n) is 15.0. The molecule has 0 bridgehead atoms. The lowest BCUT2D eigenvalue weighted by Crippen LogP contribution is -2.09. The van der Waals surface area contributed by atoms with Crippen LogP contribution in [0.3, 0.4) is 0 Å². The van der Waals surface area contributed by atoms with Gasteiger partial charge < -0.3 is 4.90 Å². The van der Waals surface area contributed by atoms with Gasteiger partial charge in [0.05, 0.1) is 10.4 Å². The van der Waals surface area contributed by atoms with E-state index >= 15 is 0 Å². The smallest absolute Gasteiger partial charge is 0.0640 e. The molecule has 2 heteroatoms. The SMILES string of the molecule is c1ccc(N(c2ccc(-c3ccc4ccc5ccc6ccccc6c5c4c3)cc2)c2cccc3c2sc2ccccc23)cc1. The Morgan fingerprint density at radius 3 is 1.84 bits per heavy atom. The summed E-state index contributed by atoms with van der Waals surface area (Å²) in [7, 11) is 0. The van der Waals surface area contributed by atoms with E-state index in [1.54, 1.807) is 0 Å². The van der Waals surface area contributed by atoms with Gasteiger partial charge in [-0.25, -0.2) is 0 Å². The molecule has 206 valence electrons. The summed E-state index contributed by atoms with van der Waals surface area (Å²) in [6, 6.07) is 59.7. The second-order valence-electron chi connectivity index (χ2n) is 11.4. The van der Waals surface area contributed by atoms with Crippen LogP contribution >= 0.6 is 11.3 Å². The quantitative estimate of drug-likeness (QED) is 0.188. The highest BCUT2D eigenvalue weighted by molar-refractivity contribution is 7.26. The Kier molecular flexibility index (Phi) is 5.75. The molecule has 8 aromatic carbocycles. The summed E-state index contributed by atoms with van der Waals surface area (Å²) in [5.74, 6) is 0. The molecule has 0 N–H and O–H groups in total. The van der Waals surface area contributed by atoms with Crippen molar-refractivity contribution in [2.24, 2.45) is 0 Å². The van der Waals surface area contributed by atoms with Crippen LogP contribution in [0.25, 0.3) is 63.6 Å². The van der Waals surface area contributed by atoms with Crippen molar-refractivity contribution in [1.82, 2.24) is 0 Å². The summed E-state index contributed by atoms with van der Waals surface area (Å²) in [5, 5.41) is 10.4. The molecule has 0 saturated heterocycles. The first kappa shape index (κ1) is 25.1. The molecule has 0 spiro atoms. The number of nitrogens with zero attached hydrogens (tertiary/aromatic N) is 1. The van der Waals surface area contributed by atoms with E-state index in [0.29, 0.717) is 0 Å². The molecule has 1 nitrogen and oxygen atoms in total. The maximum atomic E-state index is 2.39. The molecule has 0 fully saturated rings. The molecule has 0 aliphatic rings. The third kappa shape index (κ3) is 4.00. The highest BCUT2D eigenvalue weighted by atomic mass is 32.1. The Hall–Kier alpha value is -5.44. The highest BCUT2D eigenvalue weighted by Crippen LogP contribution is 2.45. The lowest BCUT2D eigenvalue weighted by atomic mass is 9.94. The van der Waals surface area contributed by atoms with Crippen molar-refractivity contribution in [3.8, 4) is 11.1 Å². The Morgan fingerprint density at radius 2 is 1.00 bits per heavy atom. The Morgan fingerprint density at radius 1 is 0.386 bits per heavy atom. The van der Waals surface area contributed by atoms with E-state index in [1.807, 2.05) is 11.3 Å². The molecule has 44 heavy (non-hydrogen) atoms. The van der Waals surface area contributed by atoms with Gasteiger partial charge in [0.25, 0.3) is 0 Å². The van der Waals surface area contributed by atoms with Gasteiger partial charge in [0.1, 0.15) is 0 Å². The number of hydrogen-bond acceptors (Lipinski definition) is 2. The van der Waals surface area contributed by atoms with Crippen molar-refractivity contribution in [2.45, 2.75) is 0 Å². The summed E-state index contributed by atoms with van der Waals surface area (Å²) >= 11 is 1.87. The van der Waals surface area contributed by atoms with E-state index in [4.69, 9.17) is 0 Å². The molecule has 0 aliphatic heterocycles. The van der Waals surface area contributed by atoms with Crippen LogP contribution in [0.15, 0.2) is 164 Å². The molecule has 0 atom stereocenters. The normalized spacial score (nSPS) is 11.6. The van der Waals surface area contributed by atoms with Crippen LogP contribution in [0.5, 0.6) is 0 Å². The second-order valence-corrected chi connectivity index (χ2v) is 12.4. The minimum absolute atomic E-state index is 1.14. The molecule has 9 aromatic rings. The number of anilines is 3. The molecule has 0 amide bonds. The number of para-hydroxylation sites is 1. The molecule has 1 heterocycles. The van der Waals surface area contributed by atoms with Gasteiger partial charge in [-0.15, -0.1) is 11.3 Å². The molecular formula is C42H27NS. The van der Waals surface area contributed by atoms with Crippen LogP contribution < -0.4 is 4.90 Å². The predicted molar refractivity (Wildman–Crippen MR) is 192 cm³/mol. The number of hydrogen-bond donors (Lipinski definition) is 0. The average molecular weight is 578 g/mol. The fraction of sp³-hybridized carbons (Fsp3) is 0. The molecule has 1 aromatic heterocycles. The zero-order valence-electron chi connectivity index (χ0n) is 23.9. The lowest BCUT2D eigenvalue weighted by Gasteiger charge is -2.26. The van der Waals surface area contributed by atoms with Gasteiger partial charge in [-0.1, -0.05) is 121 Å². The number of fused-ring (bicyclic) bond motifs is 8. The van der Waals surface area contributed by atoms with Gasteiger partial charge >= 0.3 is 0 Å². The minimum Gasteiger partial charge on any atom is -0.309 e. The van der Waals surface area contributed by atoms with Gasteiger partial charge in [0, 0.05) is 26.8 Å². The number of thiophene rings is 1. The van der Waals surface area contributed by atoms with E-state index < -0.39 is 0 Å². The third-order valence-corrected chi connectivity index (χ3v) is 10.0. The predicted octanol–water partition coefficient (Wildman–Crippen LogP) is 12.7. The molecule has 0 unspecified atom stereocenters. The highest BCUT2D eigenvalue weighted by Gasteiger charge is 2.18.